The van der Waals surface area contributed by atoms with Gasteiger partial charge in [0.25, 0.3) is 0 Å². The third-order valence-electron chi connectivity index (χ3n) is 4.76. The SMILES string of the molecule is CCc1nc2sc(C(c3ccccc3Cl)N3CCCCC3)c(O)n2n1. The highest BCUT2D eigenvalue weighted by molar-refractivity contribution is 7.17. The average Bonchev–Trinajstić information content (AvgIpc) is 3.18. The van der Waals surface area contributed by atoms with Crippen molar-refractivity contribution in [3.63, 3.8) is 0 Å². The number of fused-ring (bicyclic) bond motifs is 1. The second kappa shape index (κ2) is 6.94. The molecule has 4 rings (SSSR count). The topological polar surface area (TPSA) is 53.7 Å². The quantitative estimate of drug-likeness (QED) is 0.738. The summed E-state index contributed by atoms with van der Waals surface area (Å²) in [5, 5.41) is 16.0. The summed E-state index contributed by atoms with van der Waals surface area (Å²) in [6, 6.07) is 7.84. The molecule has 1 saturated heterocycles. The van der Waals surface area contributed by atoms with Gasteiger partial charge in [0.15, 0.2) is 5.82 Å². The van der Waals surface area contributed by atoms with Crippen LogP contribution in [-0.2, 0) is 6.42 Å². The van der Waals surface area contributed by atoms with Crippen LogP contribution in [0, 0.1) is 0 Å². The highest BCUT2D eigenvalue weighted by atomic mass is 35.5. The smallest absolute Gasteiger partial charge is 0.230 e. The van der Waals surface area contributed by atoms with E-state index in [4.69, 9.17) is 11.6 Å². The summed E-state index contributed by atoms with van der Waals surface area (Å²) in [5.41, 5.74) is 1.03. The molecule has 0 amide bonds. The third-order valence-corrected chi connectivity index (χ3v) is 6.18. The zero-order valence-corrected chi connectivity index (χ0v) is 15.7. The van der Waals surface area contributed by atoms with E-state index in [2.05, 4.69) is 21.0 Å². The third kappa shape index (κ3) is 3.03. The van der Waals surface area contributed by atoms with E-state index in [1.165, 1.54) is 30.6 Å². The number of hydrogen-bond acceptors (Lipinski definition) is 5. The minimum absolute atomic E-state index is 0.0624. The van der Waals surface area contributed by atoms with Crippen LogP contribution in [0.4, 0.5) is 0 Å². The molecule has 0 bridgehead atoms. The molecular weight excluding hydrogens is 356 g/mol. The lowest BCUT2D eigenvalue weighted by atomic mass is 10.0. The molecular formula is C18H21ClN4OS. The lowest BCUT2D eigenvalue weighted by Gasteiger charge is -2.34. The van der Waals surface area contributed by atoms with Crippen LogP contribution in [0.3, 0.4) is 0 Å². The van der Waals surface area contributed by atoms with Gasteiger partial charge in [0.2, 0.25) is 10.8 Å². The molecule has 0 spiro atoms. The van der Waals surface area contributed by atoms with Crippen molar-refractivity contribution in [2.45, 2.75) is 38.6 Å². The minimum Gasteiger partial charge on any atom is -0.492 e. The molecule has 3 aromatic rings. The number of hydrogen-bond donors (Lipinski definition) is 1. The van der Waals surface area contributed by atoms with Crippen LogP contribution in [0.2, 0.25) is 5.02 Å². The van der Waals surface area contributed by atoms with Crippen LogP contribution in [-0.4, -0.2) is 37.7 Å². The van der Waals surface area contributed by atoms with E-state index in [1.807, 2.05) is 25.1 Å². The molecule has 25 heavy (non-hydrogen) atoms. The van der Waals surface area contributed by atoms with Crippen LogP contribution in [0.25, 0.3) is 4.96 Å². The fourth-order valence-electron chi connectivity index (χ4n) is 3.50. The summed E-state index contributed by atoms with van der Waals surface area (Å²) >= 11 is 8.02. The maximum Gasteiger partial charge on any atom is 0.230 e. The number of benzene rings is 1. The number of thiazole rings is 1. The Balaban J connectivity index is 1.84. The summed E-state index contributed by atoms with van der Waals surface area (Å²) in [6.45, 7) is 4.02. The van der Waals surface area contributed by atoms with Gasteiger partial charge in [-0.3, -0.25) is 4.90 Å². The molecule has 1 fully saturated rings. The zero-order chi connectivity index (χ0) is 17.4. The number of halogens is 1. The Kier molecular flexibility index (Phi) is 4.67. The molecule has 2 aromatic heterocycles. The molecule has 0 radical (unpaired) electrons. The van der Waals surface area contributed by atoms with Crippen molar-refractivity contribution in [1.29, 1.82) is 0 Å². The second-order valence-electron chi connectivity index (χ2n) is 6.39. The van der Waals surface area contributed by atoms with Crippen molar-refractivity contribution >= 4 is 27.9 Å². The number of likely N-dealkylation sites (tertiary alicyclic amines) is 1. The van der Waals surface area contributed by atoms with Gasteiger partial charge in [0, 0.05) is 11.4 Å². The van der Waals surface area contributed by atoms with Crippen LogP contribution in [0.5, 0.6) is 5.88 Å². The lowest BCUT2D eigenvalue weighted by molar-refractivity contribution is 0.186. The van der Waals surface area contributed by atoms with Crippen molar-refractivity contribution in [3.05, 3.63) is 45.6 Å². The van der Waals surface area contributed by atoms with Crippen LogP contribution >= 0.6 is 22.9 Å². The van der Waals surface area contributed by atoms with Crippen molar-refractivity contribution in [2.24, 2.45) is 0 Å². The van der Waals surface area contributed by atoms with Crippen LogP contribution in [0.15, 0.2) is 24.3 Å². The molecule has 1 aliphatic rings. The normalized spacial score (nSPS) is 17.2. The molecule has 1 atom stereocenters. The van der Waals surface area contributed by atoms with Crippen LogP contribution in [0.1, 0.15) is 48.5 Å². The predicted molar refractivity (Wildman–Crippen MR) is 101 cm³/mol. The molecule has 1 N–H and O–H groups in total. The van der Waals surface area contributed by atoms with Gasteiger partial charge >= 0.3 is 0 Å². The first kappa shape index (κ1) is 16.8. The molecule has 1 aliphatic heterocycles. The monoisotopic (exact) mass is 376 g/mol. The van der Waals surface area contributed by atoms with Gasteiger partial charge in [0.05, 0.1) is 10.9 Å². The highest BCUT2D eigenvalue weighted by Crippen LogP contribution is 2.42. The number of aromatic nitrogens is 3. The zero-order valence-electron chi connectivity index (χ0n) is 14.2. The first-order chi connectivity index (χ1) is 12.2. The number of piperidine rings is 1. The maximum atomic E-state index is 10.9. The van der Waals surface area contributed by atoms with E-state index in [-0.39, 0.29) is 11.9 Å². The second-order valence-corrected chi connectivity index (χ2v) is 7.80. The highest BCUT2D eigenvalue weighted by Gasteiger charge is 2.31. The Morgan fingerprint density at radius 3 is 2.68 bits per heavy atom. The van der Waals surface area contributed by atoms with Gasteiger partial charge in [-0.1, -0.05) is 54.5 Å². The number of rotatable bonds is 4. The van der Waals surface area contributed by atoms with Gasteiger partial charge < -0.3 is 5.11 Å². The van der Waals surface area contributed by atoms with E-state index in [0.717, 1.165) is 45.8 Å². The summed E-state index contributed by atoms with van der Waals surface area (Å²) in [7, 11) is 0. The summed E-state index contributed by atoms with van der Waals surface area (Å²) < 4.78 is 1.56. The van der Waals surface area contributed by atoms with Gasteiger partial charge in [-0.15, -0.1) is 5.10 Å². The molecule has 5 nitrogen and oxygen atoms in total. The fourth-order valence-corrected chi connectivity index (χ4v) is 4.86. The van der Waals surface area contributed by atoms with Gasteiger partial charge in [-0.2, -0.15) is 4.52 Å². The Labute approximate surface area is 155 Å². The molecule has 0 aliphatic carbocycles. The Hall–Kier alpha value is -1.63. The molecule has 0 saturated carbocycles. The average molecular weight is 377 g/mol. The first-order valence-corrected chi connectivity index (χ1v) is 9.94. The van der Waals surface area contributed by atoms with Crippen molar-refractivity contribution in [2.75, 3.05) is 13.1 Å². The van der Waals surface area contributed by atoms with Crippen molar-refractivity contribution in [3.8, 4) is 5.88 Å². The van der Waals surface area contributed by atoms with E-state index in [1.54, 1.807) is 4.52 Å². The largest absolute Gasteiger partial charge is 0.492 e. The lowest BCUT2D eigenvalue weighted by Crippen LogP contribution is -2.34. The van der Waals surface area contributed by atoms with E-state index in [0.29, 0.717) is 0 Å². The Morgan fingerprint density at radius 2 is 2.00 bits per heavy atom. The number of nitrogens with zero attached hydrogens (tertiary/aromatic N) is 4. The molecule has 7 heteroatoms. The van der Waals surface area contributed by atoms with Crippen molar-refractivity contribution in [1.82, 2.24) is 19.5 Å². The summed E-state index contributed by atoms with van der Waals surface area (Å²) in [5.74, 6) is 0.933. The summed E-state index contributed by atoms with van der Waals surface area (Å²) in [6.07, 6.45) is 4.35. The number of aromatic hydroxyl groups is 1. The van der Waals surface area contributed by atoms with Gasteiger partial charge in [0.1, 0.15) is 0 Å². The summed E-state index contributed by atoms with van der Waals surface area (Å²) in [4.78, 5) is 8.53. The predicted octanol–water partition coefficient (Wildman–Crippen LogP) is 4.29. The molecule has 132 valence electrons. The Bertz CT molecular complexity index is 884. The van der Waals surface area contributed by atoms with E-state index >= 15 is 0 Å². The maximum absolute atomic E-state index is 10.9. The van der Waals surface area contributed by atoms with E-state index < -0.39 is 0 Å². The standard InChI is InChI=1S/C18H21ClN4OS/c1-2-14-20-18-23(21-14)17(24)16(25-18)15(22-10-6-3-7-11-22)12-8-4-5-9-13(12)19/h4-5,8-9,15,24H,2-3,6-7,10-11H2,1H3. The molecule has 3 heterocycles. The minimum atomic E-state index is -0.0624. The van der Waals surface area contributed by atoms with Gasteiger partial charge in [-0.25, -0.2) is 4.98 Å². The van der Waals surface area contributed by atoms with Gasteiger partial charge in [-0.05, 0) is 37.6 Å². The fraction of sp³-hybridized carbons (Fsp3) is 0.444. The number of aryl methyl sites for hydroxylation is 1. The van der Waals surface area contributed by atoms with Crippen molar-refractivity contribution < 1.29 is 5.11 Å². The molecule has 1 unspecified atom stereocenters. The molecule has 1 aromatic carbocycles. The van der Waals surface area contributed by atoms with Crippen LogP contribution < -0.4 is 0 Å². The first-order valence-electron chi connectivity index (χ1n) is 8.74. The van der Waals surface area contributed by atoms with E-state index in [9.17, 15) is 5.11 Å². The Morgan fingerprint density at radius 1 is 1.24 bits per heavy atom.